The minimum Gasteiger partial charge on any atom is -0.486 e. The molecular weight excluding hydrogens is 356 g/mol. The van der Waals surface area contributed by atoms with Gasteiger partial charge in [0, 0.05) is 30.2 Å². The minimum absolute atomic E-state index is 0.00148. The second-order valence-corrected chi connectivity index (χ2v) is 6.88. The fourth-order valence-corrected chi connectivity index (χ4v) is 3.62. The molecule has 9 heteroatoms. The van der Waals surface area contributed by atoms with E-state index in [0.29, 0.717) is 42.9 Å². The maximum Gasteiger partial charge on any atom is 0.325 e. The van der Waals surface area contributed by atoms with E-state index >= 15 is 0 Å². The van der Waals surface area contributed by atoms with Crippen LogP contribution in [0.5, 0.6) is 11.5 Å². The van der Waals surface area contributed by atoms with E-state index in [-0.39, 0.29) is 18.5 Å². The van der Waals surface area contributed by atoms with Crippen LogP contribution in [0.25, 0.3) is 0 Å². The molecule has 0 saturated carbocycles. The number of nitrogens with zero attached hydrogens (tertiary/aromatic N) is 3. The summed E-state index contributed by atoms with van der Waals surface area (Å²) in [6.07, 6.45) is 0. The van der Waals surface area contributed by atoms with Crippen molar-refractivity contribution in [1.29, 1.82) is 0 Å². The predicted molar refractivity (Wildman–Crippen MR) is 97.2 cm³/mol. The molecule has 1 aromatic heterocycles. The molecule has 1 fully saturated rings. The van der Waals surface area contributed by atoms with E-state index in [4.69, 9.17) is 9.47 Å². The fraction of sp³-hybridized carbons (Fsp3) is 0.353. The number of rotatable bonds is 4. The lowest BCUT2D eigenvalue weighted by atomic mass is 10.2. The molecule has 0 spiro atoms. The number of nitrogens with one attached hydrogen (secondary N) is 1. The Morgan fingerprint density at radius 1 is 1.27 bits per heavy atom. The van der Waals surface area contributed by atoms with Gasteiger partial charge in [0.1, 0.15) is 19.8 Å². The van der Waals surface area contributed by atoms with Crippen LogP contribution in [0.3, 0.4) is 0 Å². The van der Waals surface area contributed by atoms with Crippen LogP contribution < -0.4 is 19.7 Å². The number of hydrogen-bond acceptors (Lipinski definition) is 6. The van der Waals surface area contributed by atoms with Crippen molar-refractivity contribution in [3.8, 4) is 11.5 Å². The molecule has 4 rings (SSSR count). The molecular formula is C17H18N4O4S. The van der Waals surface area contributed by atoms with Gasteiger partial charge in [-0.2, -0.15) is 0 Å². The van der Waals surface area contributed by atoms with E-state index in [1.54, 1.807) is 17.0 Å². The Hall–Kier alpha value is -2.81. The van der Waals surface area contributed by atoms with Crippen molar-refractivity contribution in [3.05, 3.63) is 29.3 Å². The Morgan fingerprint density at radius 2 is 2.08 bits per heavy atom. The number of ether oxygens (including phenoxy) is 2. The maximum atomic E-state index is 12.7. The number of aromatic nitrogens is 1. The first-order valence-corrected chi connectivity index (χ1v) is 9.16. The molecule has 2 aliphatic heterocycles. The molecule has 0 atom stereocenters. The third-order valence-electron chi connectivity index (χ3n) is 4.13. The first-order valence-electron chi connectivity index (χ1n) is 8.28. The molecule has 136 valence electrons. The van der Waals surface area contributed by atoms with Crippen molar-refractivity contribution in [1.82, 2.24) is 9.88 Å². The van der Waals surface area contributed by atoms with Crippen LogP contribution in [0, 0.1) is 6.92 Å². The van der Waals surface area contributed by atoms with E-state index in [0.717, 1.165) is 11.4 Å². The first kappa shape index (κ1) is 16.6. The lowest BCUT2D eigenvalue weighted by molar-refractivity contribution is -0.116. The molecule has 8 nitrogen and oxygen atoms in total. The number of amides is 3. The van der Waals surface area contributed by atoms with Gasteiger partial charge >= 0.3 is 6.03 Å². The summed E-state index contributed by atoms with van der Waals surface area (Å²) in [6, 6.07) is 5.23. The van der Waals surface area contributed by atoms with E-state index in [1.807, 2.05) is 18.4 Å². The average Bonchev–Trinajstić information content (AvgIpc) is 3.20. The second kappa shape index (κ2) is 6.83. The normalized spacial score (nSPS) is 16.1. The van der Waals surface area contributed by atoms with Crippen LogP contribution in [-0.4, -0.2) is 54.7 Å². The molecule has 2 aliphatic rings. The Morgan fingerprint density at radius 3 is 2.85 bits per heavy atom. The van der Waals surface area contributed by atoms with Crippen LogP contribution in [0.4, 0.5) is 15.6 Å². The topological polar surface area (TPSA) is 84.0 Å². The van der Waals surface area contributed by atoms with Gasteiger partial charge in [-0.1, -0.05) is 0 Å². The quantitative estimate of drug-likeness (QED) is 0.886. The summed E-state index contributed by atoms with van der Waals surface area (Å²) >= 11 is 1.36. The molecule has 0 bridgehead atoms. The lowest BCUT2D eigenvalue weighted by Crippen LogP contribution is -2.37. The first-order chi connectivity index (χ1) is 12.6. The summed E-state index contributed by atoms with van der Waals surface area (Å²) < 4.78 is 11.1. The van der Waals surface area contributed by atoms with Gasteiger partial charge in [-0.3, -0.25) is 9.69 Å². The molecule has 3 heterocycles. The summed E-state index contributed by atoms with van der Waals surface area (Å²) in [5, 5.41) is 5.13. The number of anilines is 2. The lowest BCUT2D eigenvalue weighted by Gasteiger charge is -2.22. The van der Waals surface area contributed by atoms with E-state index in [1.165, 1.54) is 16.2 Å². The van der Waals surface area contributed by atoms with Crippen LogP contribution in [0.2, 0.25) is 0 Å². The number of carbonyl (C=O) groups is 2. The summed E-state index contributed by atoms with van der Waals surface area (Å²) in [4.78, 5) is 32.2. The number of urea groups is 1. The zero-order valence-electron chi connectivity index (χ0n) is 14.2. The van der Waals surface area contributed by atoms with E-state index in [2.05, 4.69) is 10.3 Å². The van der Waals surface area contributed by atoms with Gasteiger partial charge in [-0.25, -0.2) is 9.78 Å². The molecule has 1 aromatic carbocycles. The smallest absolute Gasteiger partial charge is 0.325 e. The number of benzene rings is 1. The monoisotopic (exact) mass is 374 g/mol. The van der Waals surface area contributed by atoms with Crippen molar-refractivity contribution in [2.24, 2.45) is 0 Å². The van der Waals surface area contributed by atoms with Gasteiger partial charge in [-0.15, -0.1) is 11.3 Å². The van der Waals surface area contributed by atoms with Crippen molar-refractivity contribution < 1.29 is 19.1 Å². The van der Waals surface area contributed by atoms with Crippen LogP contribution in [0.15, 0.2) is 23.6 Å². The van der Waals surface area contributed by atoms with Gasteiger partial charge < -0.3 is 19.7 Å². The summed E-state index contributed by atoms with van der Waals surface area (Å²) in [7, 11) is 0. The molecule has 0 aliphatic carbocycles. The van der Waals surface area contributed by atoms with Crippen LogP contribution >= 0.6 is 11.3 Å². The number of fused-ring (bicyclic) bond motifs is 1. The second-order valence-electron chi connectivity index (χ2n) is 6.03. The van der Waals surface area contributed by atoms with Gasteiger partial charge in [-0.05, 0) is 19.1 Å². The predicted octanol–water partition coefficient (Wildman–Crippen LogP) is 2.10. The number of hydrogen-bond donors (Lipinski definition) is 1. The van der Waals surface area contributed by atoms with Crippen molar-refractivity contribution in [3.63, 3.8) is 0 Å². The number of thiazole rings is 1. The maximum absolute atomic E-state index is 12.7. The average molecular weight is 374 g/mol. The van der Waals surface area contributed by atoms with Crippen LogP contribution in [0.1, 0.15) is 5.69 Å². The SMILES string of the molecule is Cc1csc(NC(=O)CN2CCN(c3ccc4c(c3)OCCO4)C2=O)n1. The molecule has 26 heavy (non-hydrogen) atoms. The Labute approximate surface area is 154 Å². The Balaban J connectivity index is 1.40. The van der Waals surface area contributed by atoms with Gasteiger partial charge in [0.15, 0.2) is 16.6 Å². The fourth-order valence-electron chi connectivity index (χ4n) is 2.91. The highest BCUT2D eigenvalue weighted by Gasteiger charge is 2.31. The van der Waals surface area contributed by atoms with Crippen LogP contribution in [-0.2, 0) is 4.79 Å². The number of aryl methyl sites for hydroxylation is 1. The Bertz CT molecular complexity index is 853. The van der Waals surface area contributed by atoms with Gasteiger partial charge in [0.05, 0.1) is 5.69 Å². The van der Waals surface area contributed by atoms with Gasteiger partial charge in [0.2, 0.25) is 5.91 Å². The van der Waals surface area contributed by atoms with Crippen molar-refractivity contribution >= 4 is 34.1 Å². The Kier molecular flexibility index (Phi) is 4.37. The van der Waals surface area contributed by atoms with Crippen molar-refractivity contribution in [2.75, 3.05) is 43.1 Å². The molecule has 2 aromatic rings. The third-order valence-corrected chi connectivity index (χ3v) is 5.01. The molecule has 0 radical (unpaired) electrons. The summed E-state index contributed by atoms with van der Waals surface area (Å²) in [5.41, 5.74) is 1.59. The van der Waals surface area contributed by atoms with E-state index < -0.39 is 0 Å². The largest absolute Gasteiger partial charge is 0.486 e. The molecule has 3 amide bonds. The standard InChI is InChI=1S/C17H18N4O4S/c1-11-10-26-16(18-11)19-15(22)9-20-4-5-21(17(20)23)12-2-3-13-14(8-12)25-7-6-24-13/h2-3,8,10H,4-7,9H2,1H3,(H,18,19,22). The molecule has 0 unspecified atom stereocenters. The molecule has 1 saturated heterocycles. The zero-order chi connectivity index (χ0) is 18.1. The van der Waals surface area contributed by atoms with Gasteiger partial charge in [0.25, 0.3) is 0 Å². The van der Waals surface area contributed by atoms with Crippen molar-refractivity contribution in [2.45, 2.75) is 6.92 Å². The highest BCUT2D eigenvalue weighted by Crippen LogP contribution is 2.35. The summed E-state index contributed by atoms with van der Waals surface area (Å²) in [6.45, 7) is 3.88. The third kappa shape index (κ3) is 3.30. The molecule has 1 N–H and O–H groups in total. The van der Waals surface area contributed by atoms with E-state index in [9.17, 15) is 9.59 Å². The summed E-state index contributed by atoms with van der Waals surface area (Å²) in [5.74, 6) is 1.07. The number of carbonyl (C=O) groups excluding carboxylic acids is 2. The highest BCUT2D eigenvalue weighted by molar-refractivity contribution is 7.13. The zero-order valence-corrected chi connectivity index (χ0v) is 15.0. The highest BCUT2D eigenvalue weighted by atomic mass is 32.1. The minimum atomic E-state index is -0.253.